The summed E-state index contributed by atoms with van der Waals surface area (Å²) in [5.41, 5.74) is 9.02. The summed E-state index contributed by atoms with van der Waals surface area (Å²) < 4.78 is 0. The molecule has 2 aromatic rings. The highest BCUT2D eigenvalue weighted by atomic mass is 16.4. The van der Waals surface area contributed by atoms with Crippen LogP contribution in [0.15, 0.2) is 36.5 Å². The van der Waals surface area contributed by atoms with Crippen LogP contribution >= 0.6 is 0 Å². The SMILES string of the molecule is CCc1cccnc1CNc1ccc(C(=O)O)c(N)c1. The monoisotopic (exact) mass is 271 g/mol. The number of nitrogen functional groups attached to an aromatic ring is 1. The van der Waals surface area contributed by atoms with Crippen molar-refractivity contribution in [2.75, 3.05) is 11.1 Å². The number of nitrogens with one attached hydrogen (secondary N) is 1. The van der Waals surface area contributed by atoms with Crippen LogP contribution in [0, 0.1) is 0 Å². The van der Waals surface area contributed by atoms with Crippen molar-refractivity contribution in [2.45, 2.75) is 19.9 Å². The molecule has 0 bridgehead atoms. The van der Waals surface area contributed by atoms with Gasteiger partial charge < -0.3 is 16.2 Å². The van der Waals surface area contributed by atoms with Crippen molar-refractivity contribution in [2.24, 2.45) is 0 Å². The molecule has 2 rings (SSSR count). The van der Waals surface area contributed by atoms with Crippen molar-refractivity contribution in [3.63, 3.8) is 0 Å². The van der Waals surface area contributed by atoms with Crippen molar-refractivity contribution < 1.29 is 9.90 Å². The fourth-order valence-corrected chi connectivity index (χ4v) is 2.01. The maximum absolute atomic E-state index is 10.9. The number of hydrogen-bond donors (Lipinski definition) is 3. The van der Waals surface area contributed by atoms with Gasteiger partial charge in [-0.15, -0.1) is 0 Å². The molecule has 0 atom stereocenters. The first-order valence-electron chi connectivity index (χ1n) is 6.41. The Labute approximate surface area is 117 Å². The summed E-state index contributed by atoms with van der Waals surface area (Å²) >= 11 is 0. The molecule has 4 N–H and O–H groups in total. The molecule has 0 aliphatic carbocycles. The van der Waals surface area contributed by atoms with Crippen molar-refractivity contribution in [1.82, 2.24) is 4.98 Å². The molecule has 20 heavy (non-hydrogen) atoms. The van der Waals surface area contributed by atoms with E-state index in [0.717, 1.165) is 17.8 Å². The van der Waals surface area contributed by atoms with Crippen molar-refractivity contribution >= 4 is 17.3 Å². The minimum atomic E-state index is -1.02. The smallest absolute Gasteiger partial charge is 0.337 e. The number of nitrogens with two attached hydrogens (primary N) is 1. The third-order valence-corrected chi connectivity index (χ3v) is 3.11. The number of aryl methyl sites for hydroxylation is 1. The number of aromatic carboxylic acids is 1. The lowest BCUT2D eigenvalue weighted by atomic mass is 10.1. The highest BCUT2D eigenvalue weighted by Crippen LogP contribution is 2.19. The number of anilines is 2. The van der Waals surface area contributed by atoms with Crippen LogP contribution in [-0.2, 0) is 13.0 Å². The van der Waals surface area contributed by atoms with Gasteiger partial charge in [-0.1, -0.05) is 13.0 Å². The average molecular weight is 271 g/mol. The molecule has 5 heteroatoms. The van der Waals surface area contributed by atoms with E-state index < -0.39 is 5.97 Å². The molecule has 0 aliphatic heterocycles. The van der Waals surface area contributed by atoms with E-state index in [1.807, 2.05) is 12.1 Å². The van der Waals surface area contributed by atoms with Gasteiger partial charge >= 0.3 is 5.97 Å². The molecule has 0 saturated heterocycles. The topological polar surface area (TPSA) is 88.2 Å². The average Bonchev–Trinajstić information content (AvgIpc) is 2.45. The number of aromatic nitrogens is 1. The number of rotatable bonds is 5. The lowest BCUT2D eigenvalue weighted by molar-refractivity contribution is 0.0698. The van der Waals surface area contributed by atoms with Gasteiger partial charge in [-0.3, -0.25) is 4.98 Å². The molecular formula is C15H17N3O2. The molecule has 104 valence electrons. The maximum atomic E-state index is 10.9. The molecule has 0 radical (unpaired) electrons. The van der Waals surface area contributed by atoms with Crippen LogP contribution in [0.25, 0.3) is 0 Å². The molecule has 0 spiro atoms. The predicted octanol–water partition coefficient (Wildman–Crippen LogP) is 2.54. The minimum absolute atomic E-state index is 0.114. The summed E-state index contributed by atoms with van der Waals surface area (Å²) in [7, 11) is 0. The summed E-state index contributed by atoms with van der Waals surface area (Å²) in [5.74, 6) is -1.02. The van der Waals surface area contributed by atoms with Gasteiger partial charge in [0.2, 0.25) is 0 Å². The molecule has 0 unspecified atom stereocenters. The molecule has 1 heterocycles. The largest absolute Gasteiger partial charge is 0.478 e. The Balaban J connectivity index is 2.11. The first kappa shape index (κ1) is 13.9. The van der Waals surface area contributed by atoms with Gasteiger partial charge in [0.25, 0.3) is 0 Å². The van der Waals surface area contributed by atoms with Crippen LogP contribution in [0.2, 0.25) is 0 Å². The second-order valence-corrected chi connectivity index (χ2v) is 4.42. The Bertz CT molecular complexity index is 626. The molecule has 1 aromatic carbocycles. The van der Waals surface area contributed by atoms with E-state index in [9.17, 15) is 4.79 Å². The lowest BCUT2D eigenvalue weighted by Gasteiger charge is -2.10. The van der Waals surface area contributed by atoms with Gasteiger partial charge in [0, 0.05) is 17.6 Å². The van der Waals surface area contributed by atoms with E-state index in [-0.39, 0.29) is 11.3 Å². The normalized spacial score (nSPS) is 10.2. The number of carboxylic acids is 1. The lowest BCUT2D eigenvalue weighted by Crippen LogP contribution is -2.07. The highest BCUT2D eigenvalue weighted by Gasteiger charge is 2.08. The fraction of sp³-hybridized carbons (Fsp3) is 0.200. The predicted molar refractivity (Wildman–Crippen MR) is 78.8 cm³/mol. The van der Waals surface area contributed by atoms with Gasteiger partial charge in [-0.05, 0) is 36.2 Å². The third-order valence-electron chi connectivity index (χ3n) is 3.11. The fourth-order valence-electron chi connectivity index (χ4n) is 2.01. The van der Waals surface area contributed by atoms with Crippen molar-refractivity contribution in [3.05, 3.63) is 53.3 Å². The van der Waals surface area contributed by atoms with Gasteiger partial charge in [0.1, 0.15) is 0 Å². The van der Waals surface area contributed by atoms with E-state index >= 15 is 0 Å². The molecular weight excluding hydrogens is 254 g/mol. The Hall–Kier alpha value is -2.56. The van der Waals surface area contributed by atoms with Gasteiger partial charge in [-0.2, -0.15) is 0 Å². The summed E-state index contributed by atoms with van der Waals surface area (Å²) in [4.78, 5) is 15.2. The zero-order valence-electron chi connectivity index (χ0n) is 11.3. The van der Waals surface area contributed by atoms with Gasteiger partial charge in [0.05, 0.1) is 17.8 Å². The second-order valence-electron chi connectivity index (χ2n) is 4.42. The second kappa shape index (κ2) is 6.06. The van der Waals surface area contributed by atoms with Crippen LogP contribution in [0.5, 0.6) is 0 Å². The van der Waals surface area contributed by atoms with E-state index in [4.69, 9.17) is 10.8 Å². The third kappa shape index (κ3) is 3.06. The first-order chi connectivity index (χ1) is 9.61. The van der Waals surface area contributed by atoms with Crippen LogP contribution in [0.4, 0.5) is 11.4 Å². The number of pyridine rings is 1. The maximum Gasteiger partial charge on any atom is 0.337 e. The summed E-state index contributed by atoms with van der Waals surface area (Å²) in [6.45, 7) is 2.66. The number of benzene rings is 1. The molecule has 0 amide bonds. The Kier molecular flexibility index (Phi) is 4.20. The number of carboxylic acid groups (broad SMARTS) is 1. The first-order valence-corrected chi connectivity index (χ1v) is 6.41. The van der Waals surface area contributed by atoms with Crippen molar-refractivity contribution in [3.8, 4) is 0 Å². The number of carbonyl (C=O) groups is 1. The zero-order chi connectivity index (χ0) is 14.5. The Morgan fingerprint density at radius 3 is 2.85 bits per heavy atom. The standard InChI is InChI=1S/C15H17N3O2/c1-2-10-4-3-7-17-14(10)9-18-11-5-6-12(15(19)20)13(16)8-11/h3-8,18H,2,9,16H2,1H3,(H,19,20). The molecule has 5 nitrogen and oxygen atoms in total. The number of nitrogens with zero attached hydrogens (tertiary/aromatic N) is 1. The van der Waals surface area contributed by atoms with E-state index in [2.05, 4.69) is 17.2 Å². The molecule has 0 saturated carbocycles. The molecule has 1 aromatic heterocycles. The van der Waals surface area contributed by atoms with Crippen LogP contribution in [-0.4, -0.2) is 16.1 Å². The zero-order valence-corrected chi connectivity index (χ0v) is 11.3. The number of hydrogen-bond acceptors (Lipinski definition) is 4. The van der Waals surface area contributed by atoms with E-state index in [1.54, 1.807) is 18.3 Å². The van der Waals surface area contributed by atoms with Crippen LogP contribution in [0.3, 0.4) is 0 Å². The summed E-state index contributed by atoms with van der Waals surface area (Å²) in [5, 5.41) is 12.1. The van der Waals surface area contributed by atoms with Gasteiger partial charge in [-0.25, -0.2) is 4.79 Å². The molecule has 0 fully saturated rings. The van der Waals surface area contributed by atoms with Crippen LogP contribution < -0.4 is 11.1 Å². The highest BCUT2D eigenvalue weighted by molar-refractivity contribution is 5.94. The van der Waals surface area contributed by atoms with Gasteiger partial charge in [0.15, 0.2) is 0 Å². The van der Waals surface area contributed by atoms with E-state index in [0.29, 0.717) is 6.54 Å². The van der Waals surface area contributed by atoms with E-state index in [1.165, 1.54) is 11.6 Å². The quantitative estimate of drug-likeness (QED) is 0.727. The Morgan fingerprint density at radius 1 is 1.40 bits per heavy atom. The summed E-state index contributed by atoms with van der Waals surface area (Å²) in [6, 6.07) is 8.79. The summed E-state index contributed by atoms with van der Waals surface area (Å²) in [6.07, 6.45) is 2.68. The molecule has 0 aliphatic rings. The van der Waals surface area contributed by atoms with Crippen LogP contribution in [0.1, 0.15) is 28.5 Å². The Morgan fingerprint density at radius 2 is 2.20 bits per heavy atom. The minimum Gasteiger partial charge on any atom is -0.478 e. The van der Waals surface area contributed by atoms with Crippen molar-refractivity contribution in [1.29, 1.82) is 0 Å².